The van der Waals surface area contributed by atoms with Crippen molar-refractivity contribution in [2.75, 3.05) is 33.9 Å². The van der Waals surface area contributed by atoms with Crippen LogP contribution in [0.2, 0.25) is 0 Å². The quantitative estimate of drug-likeness (QED) is 0.694. The first kappa shape index (κ1) is 17.5. The van der Waals surface area contributed by atoms with Crippen molar-refractivity contribution in [2.24, 2.45) is 5.41 Å². The summed E-state index contributed by atoms with van der Waals surface area (Å²) in [7, 11) is 3.45. The number of rotatable bonds is 9. The topological polar surface area (TPSA) is 30.5 Å². The molecule has 20 heavy (non-hydrogen) atoms. The molecular formula is C16H26BrNO2. The van der Waals surface area contributed by atoms with Crippen molar-refractivity contribution in [3.05, 3.63) is 28.2 Å². The zero-order valence-electron chi connectivity index (χ0n) is 13.0. The van der Waals surface area contributed by atoms with E-state index in [1.54, 1.807) is 14.2 Å². The Labute approximate surface area is 131 Å². The van der Waals surface area contributed by atoms with Crippen molar-refractivity contribution in [1.82, 2.24) is 5.32 Å². The van der Waals surface area contributed by atoms with E-state index in [-0.39, 0.29) is 5.41 Å². The largest absolute Gasteiger partial charge is 0.496 e. The number of nitrogens with one attached hydrogen (secondary N) is 1. The molecule has 0 aliphatic carbocycles. The molecule has 0 aliphatic heterocycles. The molecule has 0 radical (unpaired) electrons. The molecule has 1 aromatic rings. The molecule has 0 saturated heterocycles. The molecule has 1 aromatic carbocycles. The van der Waals surface area contributed by atoms with E-state index in [4.69, 9.17) is 9.47 Å². The molecule has 1 N–H and O–H groups in total. The molecule has 0 aromatic heterocycles. The van der Waals surface area contributed by atoms with Gasteiger partial charge in [-0.25, -0.2) is 0 Å². The predicted molar refractivity (Wildman–Crippen MR) is 87.5 cm³/mol. The summed E-state index contributed by atoms with van der Waals surface area (Å²) < 4.78 is 11.6. The van der Waals surface area contributed by atoms with Gasteiger partial charge in [0.2, 0.25) is 0 Å². The maximum atomic E-state index is 5.43. The molecule has 0 atom stereocenters. The maximum absolute atomic E-state index is 5.43. The van der Waals surface area contributed by atoms with Gasteiger partial charge in [-0.15, -0.1) is 0 Å². The maximum Gasteiger partial charge on any atom is 0.122 e. The lowest BCUT2D eigenvalue weighted by atomic mass is 9.86. The third kappa shape index (κ3) is 6.25. The van der Waals surface area contributed by atoms with Gasteiger partial charge in [-0.1, -0.05) is 29.8 Å². The van der Waals surface area contributed by atoms with Gasteiger partial charge in [0, 0.05) is 24.7 Å². The van der Waals surface area contributed by atoms with Crippen LogP contribution >= 0.6 is 15.9 Å². The van der Waals surface area contributed by atoms with Crippen LogP contribution < -0.4 is 10.1 Å². The summed E-state index contributed by atoms with van der Waals surface area (Å²) in [5, 5.41) is 3.44. The normalized spacial score (nSPS) is 11.7. The lowest BCUT2D eigenvalue weighted by molar-refractivity contribution is 0.193. The highest BCUT2D eigenvalue weighted by molar-refractivity contribution is 9.10. The Hall–Kier alpha value is -0.580. The minimum atomic E-state index is 0.251. The van der Waals surface area contributed by atoms with Crippen molar-refractivity contribution in [3.8, 4) is 5.75 Å². The van der Waals surface area contributed by atoms with E-state index in [0.717, 1.165) is 42.8 Å². The highest BCUT2D eigenvalue weighted by Crippen LogP contribution is 2.28. The summed E-state index contributed by atoms with van der Waals surface area (Å²) in [6.07, 6.45) is 2.13. The lowest BCUT2D eigenvalue weighted by Crippen LogP contribution is -2.32. The molecule has 114 valence electrons. The van der Waals surface area contributed by atoms with E-state index in [9.17, 15) is 0 Å². The summed E-state index contributed by atoms with van der Waals surface area (Å²) in [5.74, 6) is 0.969. The first-order valence-electron chi connectivity index (χ1n) is 7.00. The predicted octanol–water partition coefficient (Wildman–Crippen LogP) is 3.65. The van der Waals surface area contributed by atoms with E-state index in [2.05, 4.69) is 41.2 Å². The fourth-order valence-electron chi connectivity index (χ4n) is 2.10. The Kier molecular flexibility index (Phi) is 7.56. The molecule has 0 aliphatic rings. The zero-order chi connectivity index (χ0) is 15.0. The van der Waals surface area contributed by atoms with Gasteiger partial charge in [-0.2, -0.15) is 0 Å². The van der Waals surface area contributed by atoms with Crippen LogP contribution in [0.4, 0.5) is 0 Å². The molecule has 0 fully saturated rings. The second-order valence-electron chi connectivity index (χ2n) is 5.79. The Morgan fingerprint density at radius 2 is 2.00 bits per heavy atom. The molecule has 0 heterocycles. The number of methoxy groups -OCH3 is 2. The van der Waals surface area contributed by atoms with Crippen LogP contribution in [0.3, 0.4) is 0 Å². The van der Waals surface area contributed by atoms with Crippen LogP contribution in [-0.4, -0.2) is 33.9 Å². The van der Waals surface area contributed by atoms with E-state index in [0.29, 0.717) is 0 Å². The Balaban J connectivity index is 2.50. The van der Waals surface area contributed by atoms with E-state index >= 15 is 0 Å². The van der Waals surface area contributed by atoms with Gasteiger partial charge < -0.3 is 14.8 Å². The number of aryl methyl sites for hydroxylation is 1. The smallest absolute Gasteiger partial charge is 0.122 e. The number of hydrogen-bond donors (Lipinski definition) is 1. The van der Waals surface area contributed by atoms with E-state index in [1.165, 1.54) is 5.56 Å². The lowest BCUT2D eigenvalue weighted by Gasteiger charge is -2.25. The molecule has 0 bridgehead atoms. The molecule has 0 saturated carbocycles. The van der Waals surface area contributed by atoms with Gasteiger partial charge in [0.05, 0.1) is 13.7 Å². The summed E-state index contributed by atoms with van der Waals surface area (Å²) in [5.41, 5.74) is 1.51. The van der Waals surface area contributed by atoms with Crippen LogP contribution in [0, 0.1) is 5.41 Å². The standard InChI is InChI=1S/C16H26BrNO2/c1-16(2,12-18-9-10-19-3)8-7-13-11-14(17)5-6-15(13)20-4/h5-6,11,18H,7-10,12H2,1-4H3. The highest BCUT2D eigenvalue weighted by Gasteiger charge is 2.18. The minimum Gasteiger partial charge on any atom is -0.496 e. The van der Waals surface area contributed by atoms with Gasteiger partial charge in [-0.3, -0.25) is 0 Å². The first-order valence-corrected chi connectivity index (χ1v) is 7.80. The molecule has 4 heteroatoms. The van der Waals surface area contributed by atoms with Crippen LogP contribution in [0.15, 0.2) is 22.7 Å². The average Bonchev–Trinajstić information content (AvgIpc) is 2.42. The van der Waals surface area contributed by atoms with E-state index in [1.807, 2.05) is 12.1 Å². The average molecular weight is 344 g/mol. The van der Waals surface area contributed by atoms with Crippen molar-refractivity contribution in [1.29, 1.82) is 0 Å². The second kappa shape index (κ2) is 8.65. The van der Waals surface area contributed by atoms with Crippen molar-refractivity contribution < 1.29 is 9.47 Å². The molecule has 3 nitrogen and oxygen atoms in total. The van der Waals surface area contributed by atoms with Gasteiger partial charge in [0.1, 0.15) is 5.75 Å². The second-order valence-corrected chi connectivity index (χ2v) is 6.71. The summed E-state index contributed by atoms with van der Waals surface area (Å²) in [6, 6.07) is 6.18. The SMILES string of the molecule is COCCNCC(C)(C)CCc1cc(Br)ccc1OC. The Morgan fingerprint density at radius 3 is 2.65 bits per heavy atom. The fourth-order valence-corrected chi connectivity index (χ4v) is 2.51. The third-order valence-corrected chi connectivity index (χ3v) is 3.89. The minimum absolute atomic E-state index is 0.251. The first-order chi connectivity index (χ1) is 9.48. The summed E-state index contributed by atoms with van der Waals surface area (Å²) in [6.45, 7) is 7.23. The third-order valence-electron chi connectivity index (χ3n) is 3.40. The van der Waals surface area contributed by atoms with Gasteiger partial charge in [0.25, 0.3) is 0 Å². The number of ether oxygens (including phenoxy) is 2. The highest BCUT2D eigenvalue weighted by atomic mass is 79.9. The van der Waals surface area contributed by atoms with Crippen LogP contribution in [0.25, 0.3) is 0 Å². The monoisotopic (exact) mass is 343 g/mol. The van der Waals surface area contributed by atoms with Gasteiger partial charge in [-0.05, 0) is 42.0 Å². The zero-order valence-corrected chi connectivity index (χ0v) is 14.5. The summed E-state index contributed by atoms with van der Waals surface area (Å²) >= 11 is 3.52. The molecule has 0 spiro atoms. The van der Waals surface area contributed by atoms with Crippen molar-refractivity contribution in [2.45, 2.75) is 26.7 Å². The molecule has 0 unspecified atom stereocenters. The number of halogens is 1. The molecule has 0 amide bonds. The van der Waals surface area contributed by atoms with Crippen LogP contribution in [-0.2, 0) is 11.2 Å². The number of benzene rings is 1. The van der Waals surface area contributed by atoms with Crippen LogP contribution in [0.1, 0.15) is 25.8 Å². The molecule has 1 rings (SSSR count). The molecular weight excluding hydrogens is 318 g/mol. The van der Waals surface area contributed by atoms with E-state index < -0.39 is 0 Å². The van der Waals surface area contributed by atoms with Gasteiger partial charge >= 0.3 is 0 Å². The van der Waals surface area contributed by atoms with Crippen molar-refractivity contribution in [3.63, 3.8) is 0 Å². The van der Waals surface area contributed by atoms with Gasteiger partial charge in [0.15, 0.2) is 0 Å². The number of hydrogen-bond acceptors (Lipinski definition) is 3. The van der Waals surface area contributed by atoms with Crippen molar-refractivity contribution >= 4 is 15.9 Å². The van der Waals surface area contributed by atoms with Crippen LogP contribution in [0.5, 0.6) is 5.75 Å². The Bertz CT molecular complexity index is 407. The fraction of sp³-hybridized carbons (Fsp3) is 0.625. The summed E-state index contributed by atoms with van der Waals surface area (Å²) in [4.78, 5) is 0. The Morgan fingerprint density at radius 1 is 1.25 bits per heavy atom.